The van der Waals surface area contributed by atoms with Crippen LogP contribution in [0.15, 0.2) is 48.5 Å². The van der Waals surface area contributed by atoms with Crippen molar-refractivity contribution in [1.29, 1.82) is 0 Å². The normalized spacial score (nSPS) is 17.7. The minimum absolute atomic E-state index is 0.416. The minimum Gasteiger partial charge on any atom is -0.358 e. The van der Waals surface area contributed by atoms with Gasteiger partial charge in [-0.15, -0.1) is 0 Å². The number of nitrogens with one attached hydrogen (secondary N) is 2. The predicted octanol–water partition coefficient (Wildman–Crippen LogP) is 3.86. The van der Waals surface area contributed by atoms with Crippen LogP contribution in [0.1, 0.15) is 23.1 Å². The van der Waals surface area contributed by atoms with Crippen molar-refractivity contribution >= 4 is 23.0 Å². The molecule has 0 amide bonds. The Bertz CT molecular complexity index is 699. The molecule has 0 spiro atoms. The van der Waals surface area contributed by atoms with Gasteiger partial charge in [0.05, 0.1) is 0 Å². The first-order chi connectivity index (χ1) is 11.6. The molecule has 1 heterocycles. The first kappa shape index (κ1) is 16.9. The standard InChI is InChI=1S/C20H25N3S/c1-15-7-6-10-19(16(15)2)22-20(24)21-18-11-12-23(14-18)13-17-8-4-3-5-9-17/h3-10,18H,11-14H2,1-2H3,(H2,21,22,24)/t18-/m0/s1. The molecule has 0 saturated carbocycles. The molecule has 3 nitrogen and oxygen atoms in total. The first-order valence-electron chi connectivity index (χ1n) is 8.52. The van der Waals surface area contributed by atoms with Crippen LogP contribution in [0.5, 0.6) is 0 Å². The van der Waals surface area contributed by atoms with Crippen LogP contribution in [0.4, 0.5) is 5.69 Å². The van der Waals surface area contributed by atoms with Crippen LogP contribution in [0.3, 0.4) is 0 Å². The number of hydrogen-bond acceptors (Lipinski definition) is 2. The summed E-state index contributed by atoms with van der Waals surface area (Å²) in [4.78, 5) is 2.48. The third-order valence-corrected chi connectivity index (χ3v) is 4.93. The largest absolute Gasteiger partial charge is 0.358 e. The van der Waals surface area contributed by atoms with Gasteiger partial charge in [0.15, 0.2) is 5.11 Å². The fraction of sp³-hybridized carbons (Fsp3) is 0.350. The fourth-order valence-corrected chi connectivity index (χ4v) is 3.44. The number of aryl methyl sites for hydroxylation is 1. The first-order valence-corrected chi connectivity index (χ1v) is 8.92. The molecule has 0 aliphatic carbocycles. The average Bonchev–Trinajstić information content (AvgIpc) is 2.99. The highest BCUT2D eigenvalue weighted by Crippen LogP contribution is 2.18. The van der Waals surface area contributed by atoms with Crippen LogP contribution >= 0.6 is 12.2 Å². The minimum atomic E-state index is 0.416. The van der Waals surface area contributed by atoms with Gasteiger partial charge in [-0.3, -0.25) is 4.90 Å². The number of rotatable bonds is 4. The predicted molar refractivity (Wildman–Crippen MR) is 105 cm³/mol. The fourth-order valence-electron chi connectivity index (χ4n) is 3.17. The van der Waals surface area contributed by atoms with Gasteiger partial charge in [-0.25, -0.2) is 0 Å². The molecule has 126 valence electrons. The van der Waals surface area contributed by atoms with Crippen molar-refractivity contribution in [3.63, 3.8) is 0 Å². The van der Waals surface area contributed by atoms with Gasteiger partial charge in [0.25, 0.3) is 0 Å². The Morgan fingerprint density at radius 2 is 1.92 bits per heavy atom. The maximum absolute atomic E-state index is 5.50. The molecule has 2 aromatic carbocycles. The van der Waals surface area contributed by atoms with E-state index in [2.05, 4.69) is 77.9 Å². The van der Waals surface area contributed by atoms with Crippen LogP contribution in [0.25, 0.3) is 0 Å². The zero-order valence-corrected chi connectivity index (χ0v) is 15.2. The molecule has 4 heteroatoms. The van der Waals surface area contributed by atoms with Gasteiger partial charge >= 0.3 is 0 Å². The molecule has 2 N–H and O–H groups in total. The van der Waals surface area contributed by atoms with E-state index in [4.69, 9.17) is 12.2 Å². The SMILES string of the molecule is Cc1cccc(NC(=S)N[C@H]2CCN(Cc3ccccc3)C2)c1C. The lowest BCUT2D eigenvalue weighted by Crippen LogP contribution is -2.39. The summed E-state index contributed by atoms with van der Waals surface area (Å²) in [7, 11) is 0. The van der Waals surface area contributed by atoms with E-state index >= 15 is 0 Å². The van der Waals surface area contributed by atoms with Crippen LogP contribution in [-0.4, -0.2) is 29.1 Å². The van der Waals surface area contributed by atoms with Gasteiger partial charge in [-0.1, -0.05) is 42.5 Å². The highest BCUT2D eigenvalue weighted by molar-refractivity contribution is 7.80. The molecule has 3 rings (SSSR count). The summed E-state index contributed by atoms with van der Waals surface area (Å²) in [5.41, 5.74) is 4.98. The van der Waals surface area contributed by atoms with E-state index in [1.54, 1.807) is 0 Å². The highest BCUT2D eigenvalue weighted by atomic mass is 32.1. The molecular weight excluding hydrogens is 314 g/mol. The molecule has 2 aromatic rings. The Hall–Kier alpha value is -1.91. The lowest BCUT2D eigenvalue weighted by molar-refractivity contribution is 0.324. The maximum Gasteiger partial charge on any atom is 0.171 e. The number of hydrogen-bond donors (Lipinski definition) is 2. The molecular formula is C20H25N3S. The lowest BCUT2D eigenvalue weighted by Gasteiger charge is -2.19. The summed E-state index contributed by atoms with van der Waals surface area (Å²) in [6.07, 6.45) is 1.13. The lowest BCUT2D eigenvalue weighted by atomic mass is 10.1. The molecule has 1 saturated heterocycles. The van der Waals surface area contributed by atoms with E-state index in [0.29, 0.717) is 6.04 Å². The Morgan fingerprint density at radius 3 is 2.71 bits per heavy atom. The number of nitrogens with zero attached hydrogens (tertiary/aromatic N) is 1. The number of likely N-dealkylation sites (tertiary alicyclic amines) is 1. The van der Waals surface area contributed by atoms with Gasteiger partial charge in [0.2, 0.25) is 0 Å². The average molecular weight is 340 g/mol. The van der Waals surface area contributed by atoms with Gasteiger partial charge in [0, 0.05) is 31.4 Å². The zero-order valence-electron chi connectivity index (χ0n) is 14.4. The number of benzene rings is 2. The summed E-state index contributed by atoms with van der Waals surface area (Å²) >= 11 is 5.50. The molecule has 24 heavy (non-hydrogen) atoms. The molecule has 0 aromatic heterocycles. The van der Waals surface area contributed by atoms with E-state index < -0.39 is 0 Å². The van der Waals surface area contributed by atoms with E-state index in [9.17, 15) is 0 Å². The summed E-state index contributed by atoms with van der Waals surface area (Å²) in [5, 5.41) is 7.53. The van der Waals surface area contributed by atoms with E-state index in [-0.39, 0.29) is 0 Å². The molecule has 1 aliphatic heterocycles. The molecule has 1 fully saturated rings. The van der Waals surface area contributed by atoms with Crippen molar-refractivity contribution in [2.75, 3.05) is 18.4 Å². The van der Waals surface area contributed by atoms with Crippen molar-refractivity contribution in [2.24, 2.45) is 0 Å². The Balaban J connectivity index is 1.50. The van der Waals surface area contributed by atoms with Crippen LogP contribution in [0, 0.1) is 13.8 Å². The molecule has 0 unspecified atom stereocenters. The summed E-state index contributed by atoms with van der Waals surface area (Å²) in [6, 6.07) is 17.3. The second kappa shape index (κ2) is 7.77. The van der Waals surface area contributed by atoms with Gasteiger partial charge in [-0.05, 0) is 55.2 Å². The van der Waals surface area contributed by atoms with Crippen LogP contribution in [0.2, 0.25) is 0 Å². The third-order valence-electron chi connectivity index (χ3n) is 4.71. The highest BCUT2D eigenvalue weighted by Gasteiger charge is 2.23. The topological polar surface area (TPSA) is 27.3 Å². The molecule has 1 atom stereocenters. The van der Waals surface area contributed by atoms with Crippen molar-refractivity contribution in [3.8, 4) is 0 Å². The smallest absolute Gasteiger partial charge is 0.171 e. The van der Waals surface area contributed by atoms with Gasteiger partial charge in [-0.2, -0.15) is 0 Å². The number of thiocarbonyl (C=S) groups is 1. The zero-order chi connectivity index (χ0) is 16.9. The van der Waals surface area contributed by atoms with Crippen molar-refractivity contribution in [3.05, 3.63) is 65.2 Å². The summed E-state index contributed by atoms with van der Waals surface area (Å²) < 4.78 is 0. The van der Waals surface area contributed by atoms with Gasteiger partial charge < -0.3 is 10.6 Å². The van der Waals surface area contributed by atoms with E-state index in [1.165, 1.54) is 16.7 Å². The monoisotopic (exact) mass is 339 g/mol. The quantitative estimate of drug-likeness (QED) is 0.827. The van der Waals surface area contributed by atoms with Crippen LogP contribution in [-0.2, 0) is 6.54 Å². The Morgan fingerprint density at radius 1 is 1.12 bits per heavy atom. The third kappa shape index (κ3) is 4.34. The van der Waals surface area contributed by atoms with E-state index in [1.807, 2.05) is 0 Å². The van der Waals surface area contributed by atoms with Crippen molar-refractivity contribution in [2.45, 2.75) is 32.9 Å². The van der Waals surface area contributed by atoms with Crippen LogP contribution < -0.4 is 10.6 Å². The Labute approximate surface area is 150 Å². The molecule has 0 radical (unpaired) electrons. The summed E-state index contributed by atoms with van der Waals surface area (Å²) in [5.74, 6) is 0. The second-order valence-electron chi connectivity index (χ2n) is 6.55. The number of anilines is 1. The van der Waals surface area contributed by atoms with Crippen molar-refractivity contribution < 1.29 is 0 Å². The Kier molecular flexibility index (Phi) is 5.48. The molecule has 1 aliphatic rings. The summed E-state index contributed by atoms with van der Waals surface area (Å²) in [6.45, 7) is 7.39. The second-order valence-corrected chi connectivity index (χ2v) is 6.96. The van der Waals surface area contributed by atoms with Gasteiger partial charge in [0.1, 0.15) is 0 Å². The molecule has 0 bridgehead atoms. The van der Waals surface area contributed by atoms with Crippen molar-refractivity contribution in [1.82, 2.24) is 10.2 Å². The maximum atomic E-state index is 5.50. The van der Waals surface area contributed by atoms with E-state index in [0.717, 1.165) is 36.9 Å².